The largest absolute Gasteiger partial charge is 0.198 e. The van der Waals surface area contributed by atoms with Crippen LogP contribution >= 0.6 is 0 Å². The van der Waals surface area contributed by atoms with Gasteiger partial charge in [-0.1, -0.05) is 23.3 Å². The Morgan fingerprint density at radius 2 is 1.91 bits per heavy atom. The highest BCUT2D eigenvalue weighted by Crippen LogP contribution is 2.01. The van der Waals surface area contributed by atoms with Crippen LogP contribution in [0.5, 0.6) is 0 Å². The first-order valence-corrected chi connectivity index (χ1v) is 3.82. The van der Waals surface area contributed by atoms with Crippen LogP contribution in [0.25, 0.3) is 0 Å². The van der Waals surface area contributed by atoms with Gasteiger partial charge < -0.3 is 0 Å². The van der Waals surface area contributed by atoms with Crippen LogP contribution in [-0.4, -0.2) is 0 Å². The monoisotopic (exact) mass is 149 g/mol. The summed E-state index contributed by atoms with van der Waals surface area (Å²) < 4.78 is 0. The van der Waals surface area contributed by atoms with E-state index in [0.717, 1.165) is 12.0 Å². The number of nitrogens with zero attached hydrogens (tertiary/aromatic N) is 1. The summed E-state index contributed by atoms with van der Waals surface area (Å²) in [5.41, 5.74) is 2.48. The molecular formula is C10H15N. The molecule has 0 fully saturated rings. The molecule has 11 heavy (non-hydrogen) atoms. The van der Waals surface area contributed by atoms with E-state index < -0.39 is 0 Å². The molecule has 0 spiro atoms. The summed E-state index contributed by atoms with van der Waals surface area (Å²) in [6.45, 7) is 6.14. The Morgan fingerprint density at radius 3 is 2.36 bits per heavy atom. The highest BCUT2D eigenvalue weighted by atomic mass is 14.2. The van der Waals surface area contributed by atoms with E-state index in [4.69, 9.17) is 5.26 Å². The van der Waals surface area contributed by atoms with Crippen molar-refractivity contribution in [1.82, 2.24) is 0 Å². The lowest BCUT2D eigenvalue weighted by molar-refractivity contribution is 1.16. The molecule has 0 saturated carbocycles. The quantitative estimate of drug-likeness (QED) is 0.565. The van der Waals surface area contributed by atoms with Crippen molar-refractivity contribution in [3.05, 3.63) is 23.3 Å². The van der Waals surface area contributed by atoms with E-state index >= 15 is 0 Å². The molecule has 0 N–H and O–H groups in total. The summed E-state index contributed by atoms with van der Waals surface area (Å²) in [6.07, 6.45) is 5.75. The van der Waals surface area contributed by atoms with Crippen molar-refractivity contribution < 1.29 is 0 Å². The van der Waals surface area contributed by atoms with Crippen LogP contribution in [0.2, 0.25) is 0 Å². The first-order chi connectivity index (χ1) is 5.16. The molecule has 1 heteroatoms. The molecule has 0 atom stereocenters. The van der Waals surface area contributed by atoms with E-state index in [2.05, 4.69) is 32.1 Å². The molecule has 0 aliphatic carbocycles. The summed E-state index contributed by atoms with van der Waals surface area (Å²) in [5, 5.41) is 8.34. The second-order valence-electron chi connectivity index (χ2n) is 2.90. The first kappa shape index (κ1) is 9.97. The molecule has 0 amide bonds. The molecule has 0 aliphatic heterocycles. The van der Waals surface area contributed by atoms with Gasteiger partial charge in [0, 0.05) is 0 Å². The number of hydrogen-bond donors (Lipinski definition) is 0. The zero-order valence-electron chi connectivity index (χ0n) is 7.52. The maximum absolute atomic E-state index is 8.34. The third-order valence-corrected chi connectivity index (χ3v) is 1.35. The fourth-order valence-electron chi connectivity index (χ4n) is 0.693. The Balaban J connectivity index is 3.76. The van der Waals surface area contributed by atoms with Gasteiger partial charge in [-0.2, -0.15) is 5.26 Å². The molecule has 0 heterocycles. The predicted molar refractivity (Wildman–Crippen MR) is 48.0 cm³/mol. The minimum atomic E-state index is 0.552. The van der Waals surface area contributed by atoms with Crippen molar-refractivity contribution in [3.63, 3.8) is 0 Å². The average Bonchev–Trinajstić information content (AvgIpc) is 1.87. The van der Waals surface area contributed by atoms with Crippen molar-refractivity contribution >= 4 is 0 Å². The van der Waals surface area contributed by atoms with Crippen molar-refractivity contribution in [3.8, 4) is 6.07 Å². The highest BCUT2D eigenvalue weighted by molar-refractivity contribution is 5.08. The van der Waals surface area contributed by atoms with Crippen LogP contribution in [0, 0.1) is 11.3 Å². The van der Waals surface area contributed by atoms with Crippen LogP contribution in [0.1, 0.15) is 33.6 Å². The fraction of sp³-hybridized carbons (Fsp3) is 0.500. The van der Waals surface area contributed by atoms with Crippen LogP contribution < -0.4 is 0 Å². The Hall–Kier alpha value is -1.03. The van der Waals surface area contributed by atoms with Crippen molar-refractivity contribution in [2.75, 3.05) is 0 Å². The third kappa shape index (κ3) is 6.86. The molecule has 60 valence electrons. The Kier molecular flexibility index (Phi) is 5.20. The normalized spacial score (nSPS) is 10.5. The zero-order chi connectivity index (χ0) is 8.69. The maximum Gasteiger partial charge on any atom is 0.0666 e. The third-order valence-electron chi connectivity index (χ3n) is 1.35. The number of rotatable bonds is 3. The van der Waals surface area contributed by atoms with E-state index in [-0.39, 0.29) is 0 Å². The van der Waals surface area contributed by atoms with Gasteiger partial charge in [-0.05, 0) is 27.2 Å². The summed E-state index contributed by atoms with van der Waals surface area (Å²) >= 11 is 0. The van der Waals surface area contributed by atoms with Gasteiger partial charge in [-0.25, -0.2) is 0 Å². The zero-order valence-corrected chi connectivity index (χ0v) is 7.52. The highest BCUT2D eigenvalue weighted by Gasteiger charge is 1.84. The minimum absolute atomic E-state index is 0.552. The molecule has 0 radical (unpaired) electrons. The number of hydrogen-bond acceptors (Lipinski definition) is 1. The van der Waals surface area contributed by atoms with Crippen LogP contribution in [0.4, 0.5) is 0 Å². The number of nitriles is 1. The molecule has 0 aromatic heterocycles. The van der Waals surface area contributed by atoms with Crippen molar-refractivity contribution in [2.24, 2.45) is 0 Å². The second kappa shape index (κ2) is 5.73. The van der Waals surface area contributed by atoms with E-state index in [1.165, 1.54) is 5.57 Å². The molecule has 0 saturated heterocycles. The predicted octanol–water partition coefficient (Wildman–Crippen LogP) is 3.20. The minimum Gasteiger partial charge on any atom is -0.198 e. The lowest BCUT2D eigenvalue weighted by Crippen LogP contribution is -1.72. The molecule has 0 aliphatic rings. The van der Waals surface area contributed by atoms with E-state index in [1.54, 1.807) is 0 Å². The molecule has 1 nitrogen and oxygen atoms in total. The van der Waals surface area contributed by atoms with Crippen LogP contribution in [-0.2, 0) is 0 Å². The smallest absolute Gasteiger partial charge is 0.0666 e. The van der Waals surface area contributed by atoms with Gasteiger partial charge in [0.2, 0.25) is 0 Å². The van der Waals surface area contributed by atoms with Gasteiger partial charge in [-0.3, -0.25) is 0 Å². The van der Waals surface area contributed by atoms with Gasteiger partial charge in [-0.15, -0.1) is 0 Å². The van der Waals surface area contributed by atoms with Gasteiger partial charge in [0.15, 0.2) is 0 Å². The molecule has 0 aromatic carbocycles. The van der Waals surface area contributed by atoms with Gasteiger partial charge in [0.05, 0.1) is 12.5 Å². The first-order valence-electron chi connectivity index (χ1n) is 3.82. The second-order valence-corrected chi connectivity index (χ2v) is 2.90. The topological polar surface area (TPSA) is 23.8 Å². The lowest BCUT2D eigenvalue weighted by atomic mass is 10.2. The Labute approximate surface area is 69.0 Å². The van der Waals surface area contributed by atoms with E-state index in [9.17, 15) is 0 Å². The molecule has 0 rings (SSSR count). The lowest BCUT2D eigenvalue weighted by Gasteiger charge is -1.90. The average molecular weight is 149 g/mol. The summed E-state index contributed by atoms with van der Waals surface area (Å²) in [4.78, 5) is 0. The standard InChI is InChI=1S/C10H15N/c1-9(2)5-4-6-10(3)7-8-11/h5-6H,4,7H2,1-3H3/b10-6-. The molecule has 0 aromatic rings. The van der Waals surface area contributed by atoms with Gasteiger partial charge in [0.1, 0.15) is 0 Å². The Morgan fingerprint density at radius 1 is 1.27 bits per heavy atom. The number of allylic oxidation sites excluding steroid dienone is 4. The summed E-state index contributed by atoms with van der Waals surface area (Å²) in [7, 11) is 0. The maximum atomic E-state index is 8.34. The van der Waals surface area contributed by atoms with E-state index in [1.807, 2.05) is 6.92 Å². The summed E-state index contributed by atoms with van der Waals surface area (Å²) in [6, 6.07) is 2.12. The van der Waals surface area contributed by atoms with Crippen molar-refractivity contribution in [1.29, 1.82) is 5.26 Å². The van der Waals surface area contributed by atoms with Crippen LogP contribution in [0.15, 0.2) is 23.3 Å². The molecule has 0 unspecified atom stereocenters. The van der Waals surface area contributed by atoms with Gasteiger partial charge in [0.25, 0.3) is 0 Å². The van der Waals surface area contributed by atoms with Gasteiger partial charge >= 0.3 is 0 Å². The van der Waals surface area contributed by atoms with Crippen LogP contribution in [0.3, 0.4) is 0 Å². The Bertz CT molecular complexity index is 199. The fourth-order valence-corrected chi connectivity index (χ4v) is 0.693. The van der Waals surface area contributed by atoms with Crippen molar-refractivity contribution in [2.45, 2.75) is 33.6 Å². The SMILES string of the molecule is CC(C)=CC/C=C(/C)CC#N. The molecular weight excluding hydrogens is 134 g/mol. The summed E-state index contributed by atoms with van der Waals surface area (Å²) in [5.74, 6) is 0. The van der Waals surface area contributed by atoms with E-state index in [0.29, 0.717) is 6.42 Å². The molecule has 0 bridgehead atoms.